The van der Waals surface area contributed by atoms with Crippen LogP contribution in [0.3, 0.4) is 0 Å². The molecule has 0 saturated carbocycles. The lowest BCUT2D eigenvalue weighted by Crippen LogP contribution is -2.15. The molecule has 0 saturated heterocycles. The molecule has 0 bridgehead atoms. The van der Waals surface area contributed by atoms with Crippen molar-refractivity contribution in [2.45, 2.75) is 6.92 Å². The quantitative estimate of drug-likeness (QED) is 0.762. The number of halogens is 2. The molecule has 2 aromatic rings. The van der Waals surface area contributed by atoms with Crippen molar-refractivity contribution in [3.63, 3.8) is 0 Å². The number of hydrogen-bond acceptors (Lipinski definition) is 3. The summed E-state index contributed by atoms with van der Waals surface area (Å²) in [5.41, 5.74) is 5.79. The van der Waals surface area contributed by atoms with Gasteiger partial charge in [-0.15, -0.1) is 0 Å². The molecule has 0 unspecified atom stereocenters. The second-order valence-corrected chi connectivity index (χ2v) is 4.56. The normalized spacial score (nSPS) is 10.1. The van der Waals surface area contributed by atoms with Gasteiger partial charge in [0.05, 0.1) is 16.9 Å². The Morgan fingerprint density at radius 1 is 1.05 bits per heavy atom. The van der Waals surface area contributed by atoms with Gasteiger partial charge >= 0.3 is 0 Å². The lowest BCUT2D eigenvalue weighted by Gasteiger charge is -2.10. The van der Waals surface area contributed by atoms with E-state index in [9.17, 15) is 18.4 Å². The molecule has 114 valence electrons. The van der Waals surface area contributed by atoms with Crippen LogP contribution in [-0.2, 0) is 4.79 Å². The second-order valence-electron chi connectivity index (χ2n) is 4.56. The number of nitrogens with one attached hydrogen (secondary N) is 2. The topological polar surface area (TPSA) is 84.2 Å². The first-order chi connectivity index (χ1) is 10.4. The van der Waals surface area contributed by atoms with Crippen LogP contribution in [0.15, 0.2) is 36.4 Å². The third-order valence-electron chi connectivity index (χ3n) is 2.80. The van der Waals surface area contributed by atoms with E-state index in [-0.39, 0.29) is 28.5 Å². The van der Waals surface area contributed by atoms with E-state index >= 15 is 0 Å². The van der Waals surface area contributed by atoms with Gasteiger partial charge in [-0.1, -0.05) is 0 Å². The molecule has 2 amide bonds. The molecule has 2 aromatic carbocycles. The molecular formula is C15H13F2N3O2. The highest BCUT2D eigenvalue weighted by Crippen LogP contribution is 2.21. The Kier molecular flexibility index (Phi) is 4.36. The maximum absolute atomic E-state index is 13.9. The summed E-state index contributed by atoms with van der Waals surface area (Å²) in [4.78, 5) is 22.9. The fourth-order valence-electron chi connectivity index (χ4n) is 1.82. The molecule has 5 nitrogen and oxygen atoms in total. The lowest BCUT2D eigenvalue weighted by molar-refractivity contribution is -0.114. The van der Waals surface area contributed by atoms with Gasteiger partial charge in [-0.05, 0) is 36.4 Å². The minimum atomic E-state index is -0.801. The van der Waals surface area contributed by atoms with Crippen molar-refractivity contribution < 1.29 is 18.4 Å². The van der Waals surface area contributed by atoms with Crippen molar-refractivity contribution in [1.82, 2.24) is 0 Å². The Hall–Kier alpha value is -2.96. The maximum Gasteiger partial charge on any atom is 0.258 e. The van der Waals surface area contributed by atoms with E-state index in [1.54, 1.807) is 0 Å². The average Bonchev–Trinajstić information content (AvgIpc) is 2.41. The number of carbonyl (C=O) groups is 2. The fraction of sp³-hybridized carbons (Fsp3) is 0.0667. The average molecular weight is 305 g/mol. The summed E-state index contributed by atoms with van der Waals surface area (Å²) < 4.78 is 26.8. The molecule has 0 atom stereocenters. The number of benzene rings is 2. The molecule has 4 N–H and O–H groups in total. The number of nitrogen functional groups attached to an aromatic ring is 1. The zero-order chi connectivity index (χ0) is 16.3. The van der Waals surface area contributed by atoms with Crippen LogP contribution in [-0.4, -0.2) is 11.8 Å². The molecule has 7 heteroatoms. The van der Waals surface area contributed by atoms with Crippen LogP contribution >= 0.6 is 0 Å². The molecule has 0 aromatic heterocycles. The van der Waals surface area contributed by atoms with Crippen molar-refractivity contribution in [2.75, 3.05) is 16.4 Å². The number of carbonyl (C=O) groups excluding carboxylic acids is 2. The number of rotatable bonds is 3. The van der Waals surface area contributed by atoms with Gasteiger partial charge in [-0.3, -0.25) is 9.59 Å². The third kappa shape index (κ3) is 3.57. The van der Waals surface area contributed by atoms with Crippen molar-refractivity contribution >= 4 is 28.9 Å². The van der Waals surface area contributed by atoms with Crippen molar-refractivity contribution in [2.24, 2.45) is 0 Å². The molecular weight excluding hydrogens is 292 g/mol. The maximum atomic E-state index is 13.9. The summed E-state index contributed by atoms with van der Waals surface area (Å²) in [5, 5.41) is 4.80. The SMILES string of the molecule is CC(=O)Nc1ccc(C(=O)Nc2ccc(F)cc2N)c(F)c1. The molecule has 0 aliphatic carbocycles. The van der Waals surface area contributed by atoms with Gasteiger partial charge in [0, 0.05) is 12.6 Å². The van der Waals surface area contributed by atoms with E-state index in [0.717, 1.165) is 18.2 Å². The number of anilines is 3. The van der Waals surface area contributed by atoms with E-state index in [1.807, 2.05) is 0 Å². The monoisotopic (exact) mass is 305 g/mol. The minimum absolute atomic E-state index is 0.0311. The molecule has 0 fully saturated rings. The van der Waals surface area contributed by atoms with Crippen molar-refractivity contribution in [3.8, 4) is 0 Å². The summed E-state index contributed by atoms with van der Waals surface area (Å²) in [6.07, 6.45) is 0. The van der Waals surface area contributed by atoms with Crippen LogP contribution in [0, 0.1) is 11.6 Å². The fourth-order valence-corrected chi connectivity index (χ4v) is 1.82. The smallest absolute Gasteiger partial charge is 0.258 e. The lowest BCUT2D eigenvalue weighted by atomic mass is 10.1. The first kappa shape index (κ1) is 15.4. The zero-order valence-corrected chi connectivity index (χ0v) is 11.6. The van der Waals surface area contributed by atoms with E-state index in [0.29, 0.717) is 0 Å². The van der Waals surface area contributed by atoms with E-state index in [2.05, 4.69) is 10.6 Å². The zero-order valence-electron chi connectivity index (χ0n) is 11.6. The predicted octanol–water partition coefficient (Wildman–Crippen LogP) is 2.76. The Morgan fingerprint density at radius 3 is 2.36 bits per heavy atom. The minimum Gasteiger partial charge on any atom is -0.397 e. The van der Waals surface area contributed by atoms with Crippen LogP contribution in [0.1, 0.15) is 17.3 Å². The molecule has 22 heavy (non-hydrogen) atoms. The molecule has 0 radical (unpaired) electrons. The Morgan fingerprint density at radius 2 is 1.77 bits per heavy atom. The van der Waals surface area contributed by atoms with Crippen LogP contribution in [0.5, 0.6) is 0 Å². The predicted molar refractivity (Wildman–Crippen MR) is 79.5 cm³/mol. The van der Waals surface area contributed by atoms with Crippen molar-refractivity contribution in [1.29, 1.82) is 0 Å². The summed E-state index contributed by atoms with van der Waals surface area (Å²) in [5.74, 6) is -2.42. The molecule has 0 aliphatic heterocycles. The van der Waals surface area contributed by atoms with E-state index in [4.69, 9.17) is 5.73 Å². The Balaban J connectivity index is 2.20. The van der Waals surface area contributed by atoms with Gasteiger partial charge in [-0.25, -0.2) is 8.78 Å². The van der Waals surface area contributed by atoms with Crippen molar-refractivity contribution in [3.05, 3.63) is 53.6 Å². The molecule has 0 heterocycles. The Bertz CT molecular complexity index is 748. The standard InChI is InChI=1S/C15H13F2N3O2/c1-8(21)19-10-3-4-11(12(17)7-10)15(22)20-14-5-2-9(16)6-13(14)18/h2-7H,18H2,1H3,(H,19,21)(H,20,22). The van der Waals surface area contributed by atoms with Crippen LogP contribution in [0.25, 0.3) is 0 Å². The molecule has 2 rings (SSSR count). The highest BCUT2D eigenvalue weighted by molar-refractivity contribution is 6.06. The largest absolute Gasteiger partial charge is 0.397 e. The van der Waals surface area contributed by atoms with Crippen LogP contribution in [0.2, 0.25) is 0 Å². The van der Waals surface area contributed by atoms with Gasteiger partial charge in [0.2, 0.25) is 5.91 Å². The van der Waals surface area contributed by atoms with Crippen LogP contribution < -0.4 is 16.4 Å². The van der Waals surface area contributed by atoms with E-state index < -0.39 is 17.5 Å². The first-order valence-electron chi connectivity index (χ1n) is 6.30. The molecule has 0 aliphatic rings. The highest BCUT2D eigenvalue weighted by Gasteiger charge is 2.14. The van der Waals surface area contributed by atoms with E-state index in [1.165, 1.54) is 25.1 Å². The third-order valence-corrected chi connectivity index (χ3v) is 2.80. The molecule has 0 spiro atoms. The van der Waals surface area contributed by atoms with Gasteiger partial charge in [0.25, 0.3) is 5.91 Å². The number of amides is 2. The van der Waals surface area contributed by atoms with Gasteiger partial charge in [0.1, 0.15) is 11.6 Å². The number of nitrogens with two attached hydrogens (primary N) is 1. The summed E-state index contributed by atoms with van der Waals surface area (Å²) >= 11 is 0. The number of hydrogen-bond donors (Lipinski definition) is 3. The second kappa shape index (κ2) is 6.21. The summed E-state index contributed by atoms with van der Waals surface area (Å²) in [7, 11) is 0. The first-order valence-corrected chi connectivity index (χ1v) is 6.30. The van der Waals surface area contributed by atoms with Crippen LogP contribution in [0.4, 0.5) is 25.8 Å². The highest BCUT2D eigenvalue weighted by atomic mass is 19.1. The Labute approximate surface area is 125 Å². The van der Waals surface area contributed by atoms with Gasteiger partial charge in [0.15, 0.2) is 0 Å². The summed E-state index contributed by atoms with van der Waals surface area (Å²) in [6, 6.07) is 7.12. The summed E-state index contributed by atoms with van der Waals surface area (Å²) in [6.45, 7) is 1.29. The van der Waals surface area contributed by atoms with Gasteiger partial charge in [-0.2, -0.15) is 0 Å². The van der Waals surface area contributed by atoms with Gasteiger partial charge < -0.3 is 16.4 Å².